The topological polar surface area (TPSA) is 26.0 Å². The second kappa shape index (κ2) is 7.15. The molecule has 2 aromatic rings. The molecule has 1 nitrogen and oxygen atoms in total. The molecule has 1 aliphatic rings. The maximum absolute atomic E-state index is 5.83. The largest absolute Gasteiger partial charge is 0.326 e. The Kier molecular flexibility index (Phi) is 5.00. The van der Waals surface area contributed by atoms with Crippen LogP contribution in [0.3, 0.4) is 0 Å². The average Bonchev–Trinajstić information content (AvgIpc) is 3.07. The highest BCUT2D eigenvalue weighted by Gasteiger charge is 2.15. The van der Waals surface area contributed by atoms with Gasteiger partial charge in [0.1, 0.15) is 0 Å². The molecule has 0 bridgehead atoms. The van der Waals surface area contributed by atoms with Gasteiger partial charge < -0.3 is 5.73 Å². The molecule has 2 aromatic carbocycles. The lowest BCUT2D eigenvalue weighted by Gasteiger charge is -2.10. The van der Waals surface area contributed by atoms with Gasteiger partial charge in [-0.2, -0.15) is 11.8 Å². The molecule has 0 spiro atoms. The smallest absolute Gasteiger partial charge is 0.0187 e. The van der Waals surface area contributed by atoms with Gasteiger partial charge in [-0.25, -0.2) is 0 Å². The van der Waals surface area contributed by atoms with Crippen molar-refractivity contribution in [3.63, 3.8) is 0 Å². The minimum atomic E-state index is 0.593. The molecule has 0 heterocycles. The molecule has 0 atom stereocenters. The van der Waals surface area contributed by atoms with Crippen molar-refractivity contribution in [3.8, 4) is 11.1 Å². The number of hydrogen-bond acceptors (Lipinski definition) is 2. The molecule has 0 aliphatic heterocycles. The van der Waals surface area contributed by atoms with Gasteiger partial charge in [-0.3, -0.25) is 0 Å². The lowest BCUT2D eigenvalue weighted by atomic mass is 9.99. The number of hydrogen-bond donors (Lipinski definition) is 1. The first kappa shape index (κ1) is 14.7. The molecular formula is C19H23NS. The predicted octanol–water partition coefficient (Wildman–Crippen LogP) is 4.99. The fourth-order valence-electron chi connectivity index (χ4n) is 3.03. The SMILES string of the molecule is NCc1ccccc1-c1ccc(CSC2CCCC2)cc1. The number of thioether (sulfide) groups is 1. The van der Waals surface area contributed by atoms with E-state index in [0.717, 1.165) is 11.0 Å². The minimum absolute atomic E-state index is 0.593. The monoisotopic (exact) mass is 297 g/mol. The number of nitrogens with two attached hydrogens (primary N) is 1. The summed E-state index contributed by atoms with van der Waals surface area (Å²) in [4.78, 5) is 0. The molecule has 0 amide bonds. The Balaban J connectivity index is 1.68. The summed E-state index contributed by atoms with van der Waals surface area (Å²) < 4.78 is 0. The summed E-state index contributed by atoms with van der Waals surface area (Å²) in [6.45, 7) is 0.593. The van der Waals surface area contributed by atoms with Crippen molar-refractivity contribution in [2.75, 3.05) is 0 Å². The zero-order valence-corrected chi connectivity index (χ0v) is 13.2. The van der Waals surface area contributed by atoms with Gasteiger partial charge >= 0.3 is 0 Å². The Labute approximate surface area is 132 Å². The zero-order chi connectivity index (χ0) is 14.5. The van der Waals surface area contributed by atoms with Crippen molar-refractivity contribution in [2.24, 2.45) is 5.73 Å². The van der Waals surface area contributed by atoms with E-state index in [1.807, 2.05) is 0 Å². The van der Waals surface area contributed by atoms with Gasteiger partial charge in [0.25, 0.3) is 0 Å². The van der Waals surface area contributed by atoms with Gasteiger partial charge in [-0.05, 0) is 35.1 Å². The molecule has 21 heavy (non-hydrogen) atoms. The van der Waals surface area contributed by atoms with Gasteiger partial charge in [-0.15, -0.1) is 0 Å². The third-order valence-electron chi connectivity index (χ3n) is 4.29. The molecule has 3 rings (SSSR count). The third-order valence-corrected chi connectivity index (χ3v) is 5.73. The Morgan fingerprint density at radius 3 is 2.38 bits per heavy atom. The van der Waals surface area contributed by atoms with Crippen LogP contribution in [0.2, 0.25) is 0 Å². The molecule has 1 aliphatic carbocycles. The van der Waals surface area contributed by atoms with Crippen molar-refractivity contribution in [1.82, 2.24) is 0 Å². The zero-order valence-electron chi connectivity index (χ0n) is 12.4. The maximum Gasteiger partial charge on any atom is 0.0187 e. The molecule has 1 fully saturated rings. The van der Waals surface area contributed by atoms with E-state index >= 15 is 0 Å². The van der Waals surface area contributed by atoms with Gasteiger partial charge in [0.15, 0.2) is 0 Å². The van der Waals surface area contributed by atoms with E-state index in [4.69, 9.17) is 5.73 Å². The Bertz CT molecular complexity index is 570. The maximum atomic E-state index is 5.83. The summed E-state index contributed by atoms with van der Waals surface area (Å²) >= 11 is 2.13. The molecule has 2 N–H and O–H groups in total. The average molecular weight is 297 g/mol. The highest BCUT2D eigenvalue weighted by atomic mass is 32.2. The van der Waals surface area contributed by atoms with Crippen LogP contribution in [0.1, 0.15) is 36.8 Å². The lowest BCUT2D eigenvalue weighted by molar-refractivity contribution is 0.886. The van der Waals surface area contributed by atoms with Crippen molar-refractivity contribution in [3.05, 3.63) is 59.7 Å². The highest BCUT2D eigenvalue weighted by molar-refractivity contribution is 7.99. The Morgan fingerprint density at radius 2 is 1.67 bits per heavy atom. The van der Waals surface area contributed by atoms with E-state index < -0.39 is 0 Å². The van der Waals surface area contributed by atoms with E-state index in [1.165, 1.54) is 47.9 Å². The van der Waals surface area contributed by atoms with Crippen LogP contribution in [0.25, 0.3) is 11.1 Å². The molecule has 2 heteroatoms. The van der Waals surface area contributed by atoms with Crippen LogP contribution < -0.4 is 5.73 Å². The molecule has 0 radical (unpaired) electrons. The number of rotatable bonds is 5. The fourth-order valence-corrected chi connectivity index (χ4v) is 4.32. The van der Waals surface area contributed by atoms with Gasteiger partial charge in [0, 0.05) is 17.5 Å². The Hall–Kier alpha value is -1.25. The Morgan fingerprint density at radius 1 is 0.952 bits per heavy atom. The second-order valence-corrected chi connectivity index (χ2v) is 7.06. The fraction of sp³-hybridized carbons (Fsp3) is 0.368. The van der Waals surface area contributed by atoms with E-state index in [-0.39, 0.29) is 0 Å². The predicted molar refractivity (Wildman–Crippen MR) is 93.3 cm³/mol. The first-order valence-electron chi connectivity index (χ1n) is 7.85. The van der Waals surface area contributed by atoms with Gasteiger partial charge in [0.05, 0.1) is 0 Å². The molecule has 110 valence electrons. The van der Waals surface area contributed by atoms with Crippen molar-refractivity contribution in [1.29, 1.82) is 0 Å². The lowest BCUT2D eigenvalue weighted by Crippen LogP contribution is -1.98. The molecule has 0 saturated heterocycles. The van der Waals surface area contributed by atoms with Crippen molar-refractivity contribution in [2.45, 2.75) is 43.2 Å². The van der Waals surface area contributed by atoms with Gasteiger partial charge in [0.2, 0.25) is 0 Å². The molecule has 1 saturated carbocycles. The third kappa shape index (κ3) is 3.69. The van der Waals surface area contributed by atoms with Crippen molar-refractivity contribution < 1.29 is 0 Å². The van der Waals surface area contributed by atoms with Crippen LogP contribution in [0, 0.1) is 0 Å². The van der Waals surface area contributed by atoms with Crippen LogP contribution in [-0.2, 0) is 12.3 Å². The van der Waals surface area contributed by atoms with Gasteiger partial charge in [-0.1, -0.05) is 61.4 Å². The summed E-state index contributed by atoms with van der Waals surface area (Å²) in [6.07, 6.45) is 5.66. The standard InChI is InChI=1S/C19H23NS/c20-13-17-5-1-4-8-19(17)16-11-9-15(10-12-16)14-21-18-6-2-3-7-18/h1,4-5,8-12,18H,2-3,6-7,13-14,20H2. The molecule has 0 aromatic heterocycles. The summed E-state index contributed by atoms with van der Waals surface area (Å²) in [6, 6.07) is 17.4. The summed E-state index contributed by atoms with van der Waals surface area (Å²) in [7, 11) is 0. The minimum Gasteiger partial charge on any atom is -0.326 e. The van der Waals surface area contributed by atoms with E-state index in [9.17, 15) is 0 Å². The van der Waals surface area contributed by atoms with Crippen LogP contribution in [-0.4, -0.2) is 5.25 Å². The van der Waals surface area contributed by atoms with E-state index in [0.29, 0.717) is 6.54 Å². The molecular weight excluding hydrogens is 274 g/mol. The molecule has 0 unspecified atom stereocenters. The van der Waals surface area contributed by atoms with Crippen molar-refractivity contribution >= 4 is 11.8 Å². The first-order chi connectivity index (χ1) is 10.4. The quantitative estimate of drug-likeness (QED) is 0.841. The van der Waals surface area contributed by atoms with Crippen LogP contribution in [0.4, 0.5) is 0 Å². The summed E-state index contributed by atoms with van der Waals surface area (Å²) in [5.41, 5.74) is 11.0. The van der Waals surface area contributed by atoms with E-state index in [2.05, 4.69) is 60.3 Å². The number of benzene rings is 2. The van der Waals surface area contributed by atoms with E-state index in [1.54, 1.807) is 0 Å². The van der Waals surface area contributed by atoms with Crippen LogP contribution in [0.15, 0.2) is 48.5 Å². The summed E-state index contributed by atoms with van der Waals surface area (Å²) in [5.74, 6) is 1.14. The first-order valence-corrected chi connectivity index (χ1v) is 8.90. The summed E-state index contributed by atoms with van der Waals surface area (Å²) in [5, 5.41) is 0.891. The van der Waals surface area contributed by atoms with Crippen LogP contribution >= 0.6 is 11.8 Å². The van der Waals surface area contributed by atoms with Crippen LogP contribution in [0.5, 0.6) is 0 Å². The highest BCUT2D eigenvalue weighted by Crippen LogP contribution is 2.32. The normalized spacial score (nSPS) is 15.5. The second-order valence-electron chi connectivity index (χ2n) is 5.78.